The van der Waals surface area contributed by atoms with Crippen LogP contribution in [0, 0.1) is 5.92 Å². The van der Waals surface area contributed by atoms with Crippen LogP contribution in [0.1, 0.15) is 42.4 Å². The number of aromatic nitrogens is 1. The first kappa shape index (κ1) is 11.3. The fourth-order valence-electron chi connectivity index (χ4n) is 1.24. The summed E-state index contributed by atoms with van der Waals surface area (Å²) in [6, 6.07) is 0. The maximum absolute atomic E-state index is 11.0. The first-order chi connectivity index (χ1) is 6.56. The Balaban J connectivity index is 2.89. The maximum Gasteiger partial charge on any atom is 0.178 e. The molecule has 0 aliphatic heterocycles. The lowest BCUT2D eigenvalue weighted by Crippen LogP contribution is -2.09. The van der Waals surface area contributed by atoms with Crippen LogP contribution in [0.25, 0.3) is 0 Å². The van der Waals surface area contributed by atoms with E-state index < -0.39 is 0 Å². The number of Topliss-reactive ketones (excluding diaryl/α,β-unsaturated/α-hetero) is 1. The molecule has 1 aromatic heterocycles. The highest BCUT2D eigenvalue weighted by Crippen LogP contribution is 2.27. The number of nitrogens with zero attached hydrogens (tertiary/aromatic N) is 1. The molecular formula is C10H15NO2S. The largest absolute Gasteiger partial charge is 0.374 e. The van der Waals surface area contributed by atoms with Crippen molar-refractivity contribution in [1.29, 1.82) is 0 Å². The Kier molecular flexibility index (Phi) is 3.77. The van der Waals surface area contributed by atoms with Gasteiger partial charge in [-0.2, -0.15) is 0 Å². The van der Waals surface area contributed by atoms with E-state index in [0.29, 0.717) is 11.6 Å². The predicted molar refractivity (Wildman–Crippen MR) is 56.7 cm³/mol. The predicted octanol–water partition coefficient (Wildman–Crippen LogP) is 2.69. The van der Waals surface area contributed by atoms with Crippen LogP contribution >= 0.6 is 11.3 Å². The summed E-state index contributed by atoms with van der Waals surface area (Å²) in [5, 5.41) is 2.67. The zero-order chi connectivity index (χ0) is 10.7. The zero-order valence-corrected chi connectivity index (χ0v) is 9.72. The number of hydrogen-bond donors (Lipinski definition) is 0. The van der Waals surface area contributed by atoms with E-state index in [2.05, 4.69) is 18.8 Å². The highest BCUT2D eigenvalue weighted by molar-refractivity contribution is 7.09. The second-order valence-corrected chi connectivity index (χ2v) is 4.42. The van der Waals surface area contributed by atoms with Gasteiger partial charge in [-0.25, -0.2) is 4.98 Å². The molecule has 0 radical (unpaired) electrons. The van der Waals surface area contributed by atoms with Crippen molar-refractivity contribution in [2.24, 2.45) is 5.92 Å². The van der Waals surface area contributed by atoms with E-state index in [9.17, 15) is 4.79 Å². The summed E-state index contributed by atoms with van der Waals surface area (Å²) in [7, 11) is 1.67. The van der Waals surface area contributed by atoms with Crippen molar-refractivity contribution in [3.63, 3.8) is 0 Å². The van der Waals surface area contributed by atoms with Crippen molar-refractivity contribution in [3.05, 3.63) is 16.1 Å². The minimum atomic E-state index is -0.00639. The van der Waals surface area contributed by atoms with E-state index in [-0.39, 0.29) is 11.9 Å². The first-order valence-electron chi connectivity index (χ1n) is 4.55. The van der Waals surface area contributed by atoms with Crippen molar-refractivity contribution in [3.8, 4) is 0 Å². The first-order valence-corrected chi connectivity index (χ1v) is 5.43. The molecule has 0 bridgehead atoms. The van der Waals surface area contributed by atoms with Gasteiger partial charge in [0.15, 0.2) is 5.78 Å². The van der Waals surface area contributed by atoms with Gasteiger partial charge in [-0.3, -0.25) is 4.79 Å². The number of rotatable bonds is 4. The SMILES string of the molecule is COC(c1nc(C(C)=O)cs1)C(C)C. The van der Waals surface area contributed by atoms with E-state index in [1.54, 1.807) is 12.5 Å². The smallest absolute Gasteiger partial charge is 0.178 e. The van der Waals surface area contributed by atoms with Gasteiger partial charge >= 0.3 is 0 Å². The molecule has 0 fully saturated rings. The van der Waals surface area contributed by atoms with Gasteiger partial charge in [0.05, 0.1) is 0 Å². The number of ketones is 1. The van der Waals surface area contributed by atoms with Crippen LogP contribution in [0.2, 0.25) is 0 Å². The molecule has 0 N–H and O–H groups in total. The van der Waals surface area contributed by atoms with Gasteiger partial charge in [0, 0.05) is 19.4 Å². The summed E-state index contributed by atoms with van der Waals surface area (Å²) in [6.07, 6.45) is -0.00639. The molecule has 0 spiro atoms. The number of carbonyl (C=O) groups excluding carboxylic acids is 1. The molecule has 14 heavy (non-hydrogen) atoms. The Labute approximate surface area is 88.1 Å². The van der Waals surface area contributed by atoms with Crippen LogP contribution in [-0.2, 0) is 4.74 Å². The second kappa shape index (κ2) is 4.66. The third-order valence-corrected chi connectivity index (χ3v) is 2.89. The third-order valence-electron chi connectivity index (χ3n) is 1.99. The summed E-state index contributed by atoms with van der Waals surface area (Å²) in [5.41, 5.74) is 0.535. The Morgan fingerprint density at radius 1 is 1.57 bits per heavy atom. The second-order valence-electron chi connectivity index (χ2n) is 3.53. The van der Waals surface area contributed by atoms with Crippen LogP contribution in [0.3, 0.4) is 0 Å². The van der Waals surface area contributed by atoms with Crippen LogP contribution in [-0.4, -0.2) is 17.9 Å². The number of methoxy groups -OCH3 is 1. The normalized spacial score (nSPS) is 13.2. The molecular weight excluding hydrogens is 198 g/mol. The van der Waals surface area contributed by atoms with Crippen LogP contribution in [0.4, 0.5) is 0 Å². The molecule has 1 heterocycles. The molecule has 78 valence electrons. The summed E-state index contributed by atoms with van der Waals surface area (Å²) >= 11 is 1.48. The Hall–Kier alpha value is -0.740. The number of carbonyl (C=O) groups is 1. The Bertz CT molecular complexity index is 320. The topological polar surface area (TPSA) is 39.2 Å². The fourth-order valence-corrected chi connectivity index (χ4v) is 2.34. The van der Waals surface area contributed by atoms with Gasteiger partial charge in [-0.1, -0.05) is 13.8 Å². The van der Waals surface area contributed by atoms with Crippen molar-refractivity contribution >= 4 is 17.1 Å². The quantitative estimate of drug-likeness (QED) is 0.722. The average Bonchev–Trinajstić information content (AvgIpc) is 2.53. The fraction of sp³-hybridized carbons (Fsp3) is 0.600. The van der Waals surface area contributed by atoms with Crippen molar-refractivity contribution < 1.29 is 9.53 Å². The molecule has 1 aromatic rings. The standard InChI is InChI=1S/C10H15NO2S/c1-6(2)9(13-4)10-11-8(5-14-10)7(3)12/h5-6,9H,1-4H3. The average molecular weight is 213 g/mol. The Morgan fingerprint density at radius 2 is 2.21 bits per heavy atom. The lowest BCUT2D eigenvalue weighted by atomic mass is 10.1. The summed E-state index contributed by atoms with van der Waals surface area (Å²) in [4.78, 5) is 15.3. The summed E-state index contributed by atoms with van der Waals surface area (Å²) in [5.74, 6) is 0.372. The molecule has 1 atom stereocenters. The minimum absolute atomic E-state index is 0.00566. The molecule has 1 unspecified atom stereocenters. The van der Waals surface area contributed by atoms with Gasteiger partial charge < -0.3 is 4.74 Å². The number of ether oxygens (including phenoxy) is 1. The molecule has 0 saturated carbocycles. The molecule has 1 rings (SSSR count). The van der Waals surface area contributed by atoms with Crippen molar-refractivity contribution in [1.82, 2.24) is 4.98 Å². The van der Waals surface area contributed by atoms with Crippen molar-refractivity contribution in [2.75, 3.05) is 7.11 Å². The van der Waals surface area contributed by atoms with E-state index in [1.165, 1.54) is 18.3 Å². The molecule has 0 saturated heterocycles. The lowest BCUT2D eigenvalue weighted by Gasteiger charge is -2.15. The van der Waals surface area contributed by atoms with Crippen molar-refractivity contribution in [2.45, 2.75) is 26.9 Å². The van der Waals surface area contributed by atoms with Crippen LogP contribution in [0.5, 0.6) is 0 Å². The van der Waals surface area contributed by atoms with Crippen LogP contribution in [0.15, 0.2) is 5.38 Å². The summed E-state index contributed by atoms with van der Waals surface area (Å²) in [6.45, 7) is 5.67. The van der Waals surface area contributed by atoms with Crippen LogP contribution < -0.4 is 0 Å². The highest BCUT2D eigenvalue weighted by Gasteiger charge is 2.19. The molecule has 0 aromatic carbocycles. The van der Waals surface area contributed by atoms with E-state index >= 15 is 0 Å². The zero-order valence-electron chi connectivity index (χ0n) is 8.90. The minimum Gasteiger partial charge on any atom is -0.374 e. The lowest BCUT2D eigenvalue weighted by molar-refractivity contribution is 0.0642. The van der Waals surface area contributed by atoms with E-state index in [4.69, 9.17) is 4.74 Å². The number of thiazole rings is 1. The molecule has 4 heteroatoms. The van der Waals surface area contributed by atoms with Gasteiger partial charge in [0.2, 0.25) is 0 Å². The molecule has 3 nitrogen and oxygen atoms in total. The van der Waals surface area contributed by atoms with Gasteiger partial charge in [-0.05, 0) is 5.92 Å². The molecule has 0 amide bonds. The van der Waals surface area contributed by atoms with Gasteiger partial charge in [0.1, 0.15) is 16.8 Å². The summed E-state index contributed by atoms with van der Waals surface area (Å²) < 4.78 is 5.33. The molecule has 0 aliphatic carbocycles. The highest BCUT2D eigenvalue weighted by atomic mass is 32.1. The molecule has 0 aliphatic rings. The number of hydrogen-bond acceptors (Lipinski definition) is 4. The third kappa shape index (κ3) is 2.39. The van der Waals surface area contributed by atoms with Gasteiger partial charge in [0.25, 0.3) is 0 Å². The van der Waals surface area contributed by atoms with E-state index in [0.717, 1.165) is 5.01 Å². The van der Waals surface area contributed by atoms with E-state index in [1.807, 2.05) is 0 Å². The monoisotopic (exact) mass is 213 g/mol. The Morgan fingerprint density at radius 3 is 2.57 bits per heavy atom. The van der Waals surface area contributed by atoms with Gasteiger partial charge in [-0.15, -0.1) is 11.3 Å². The maximum atomic E-state index is 11.0.